The van der Waals surface area contributed by atoms with Crippen molar-refractivity contribution in [3.8, 4) is 5.75 Å². The number of amides is 2. The first-order valence-corrected chi connectivity index (χ1v) is 6.94. The molecule has 0 bridgehead atoms. The minimum atomic E-state index is -0.847. The number of carbonyl (C=O) groups is 2. The summed E-state index contributed by atoms with van der Waals surface area (Å²) in [6.45, 7) is 2.75. The summed E-state index contributed by atoms with van der Waals surface area (Å²) in [6.07, 6.45) is 1.32. The lowest BCUT2D eigenvalue weighted by Crippen LogP contribution is -2.44. The predicted octanol–water partition coefficient (Wildman–Crippen LogP) is 2.33. The molecule has 1 fully saturated rings. The number of benzene rings is 1. The van der Waals surface area contributed by atoms with Crippen LogP contribution in [0.4, 0.5) is 10.5 Å². The van der Waals surface area contributed by atoms with Crippen LogP contribution in [-0.2, 0) is 4.79 Å². The molecule has 2 N–H and O–H groups in total. The molecule has 1 saturated heterocycles. The summed E-state index contributed by atoms with van der Waals surface area (Å²) in [5, 5.41) is 11.9. The Bertz CT molecular complexity index is 544. The largest absolute Gasteiger partial charge is 0.495 e. The summed E-state index contributed by atoms with van der Waals surface area (Å²) in [7, 11) is 1.54. The number of carbonyl (C=O) groups excluding carboxylic acids is 1. The zero-order chi connectivity index (χ0) is 15.4. The van der Waals surface area contributed by atoms with Gasteiger partial charge in [0.1, 0.15) is 5.75 Å². The van der Waals surface area contributed by atoms with Crippen molar-refractivity contribution in [2.45, 2.75) is 19.8 Å². The topological polar surface area (TPSA) is 78.9 Å². The molecule has 0 spiro atoms. The van der Waals surface area contributed by atoms with Crippen LogP contribution in [0.5, 0.6) is 5.75 Å². The zero-order valence-electron chi connectivity index (χ0n) is 12.3. The van der Waals surface area contributed by atoms with E-state index < -0.39 is 11.9 Å². The van der Waals surface area contributed by atoms with Crippen molar-refractivity contribution in [1.29, 1.82) is 0 Å². The summed E-state index contributed by atoms with van der Waals surface area (Å²) < 4.78 is 5.22. The fourth-order valence-electron chi connectivity index (χ4n) is 2.48. The van der Waals surface area contributed by atoms with Crippen LogP contribution in [0.1, 0.15) is 18.4 Å². The van der Waals surface area contributed by atoms with Crippen molar-refractivity contribution in [1.82, 2.24) is 4.90 Å². The van der Waals surface area contributed by atoms with Gasteiger partial charge in [-0.2, -0.15) is 0 Å². The highest BCUT2D eigenvalue weighted by Crippen LogP contribution is 2.26. The lowest BCUT2D eigenvalue weighted by molar-refractivity contribution is -0.143. The number of methoxy groups -OCH3 is 1. The quantitative estimate of drug-likeness (QED) is 0.896. The maximum absolute atomic E-state index is 12.3. The molecule has 1 aromatic carbocycles. The number of urea groups is 1. The SMILES string of the molecule is COc1ccc(C)cc1NC(=O)N1CCCC(C(=O)O)C1. The van der Waals surface area contributed by atoms with E-state index in [2.05, 4.69) is 5.32 Å². The van der Waals surface area contributed by atoms with Gasteiger partial charge in [-0.05, 0) is 37.5 Å². The summed E-state index contributed by atoms with van der Waals surface area (Å²) in [5.41, 5.74) is 1.60. The van der Waals surface area contributed by atoms with Gasteiger partial charge in [0.05, 0.1) is 18.7 Å². The Morgan fingerprint density at radius 3 is 2.86 bits per heavy atom. The molecule has 1 aromatic rings. The smallest absolute Gasteiger partial charge is 0.321 e. The van der Waals surface area contributed by atoms with Crippen LogP contribution >= 0.6 is 0 Å². The second-order valence-electron chi connectivity index (χ2n) is 5.26. The van der Waals surface area contributed by atoms with Crippen LogP contribution < -0.4 is 10.1 Å². The molecular weight excluding hydrogens is 272 g/mol. The van der Waals surface area contributed by atoms with E-state index in [4.69, 9.17) is 9.84 Å². The van der Waals surface area contributed by atoms with Crippen molar-refractivity contribution < 1.29 is 19.4 Å². The van der Waals surface area contributed by atoms with Gasteiger partial charge in [-0.25, -0.2) is 4.79 Å². The first-order valence-electron chi connectivity index (χ1n) is 6.94. The molecule has 0 radical (unpaired) electrons. The molecule has 1 unspecified atom stereocenters. The Balaban J connectivity index is 2.07. The molecule has 6 nitrogen and oxygen atoms in total. The fourth-order valence-corrected chi connectivity index (χ4v) is 2.48. The Kier molecular flexibility index (Phi) is 4.67. The number of hydrogen-bond acceptors (Lipinski definition) is 3. The number of carboxylic acids is 1. The van der Waals surface area contributed by atoms with Gasteiger partial charge >= 0.3 is 12.0 Å². The molecule has 2 rings (SSSR count). The Labute approximate surface area is 123 Å². The third-order valence-corrected chi connectivity index (χ3v) is 3.65. The van der Waals surface area contributed by atoms with Gasteiger partial charge < -0.3 is 20.1 Å². The minimum absolute atomic E-state index is 0.245. The molecule has 114 valence electrons. The number of ether oxygens (including phenoxy) is 1. The maximum Gasteiger partial charge on any atom is 0.321 e. The van der Waals surface area contributed by atoms with Gasteiger partial charge in [-0.1, -0.05) is 6.07 Å². The van der Waals surface area contributed by atoms with E-state index in [0.717, 1.165) is 5.56 Å². The van der Waals surface area contributed by atoms with E-state index in [1.807, 2.05) is 19.1 Å². The maximum atomic E-state index is 12.3. The predicted molar refractivity (Wildman–Crippen MR) is 78.7 cm³/mol. The van der Waals surface area contributed by atoms with E-state index >= 15 is 0 Å². The van der Waals surface area contributed by atoms with Gasteiger partial charge in [-0.3, -0.25) is 4.79 Å². The summed E-state index contributed by atoms with van der Waals surface area (Å²) in [5.74, 6) is -0.745. The lowest BCUT2D eigenvalue weighted by Gasteiger charge is -2.30. The average Bonchev–Trinajstić information content (AvgIpc) is 2.47. The first kappa shape index (κ1) is 15.2. The number of rotatable bonds is 3. The molecule has 0 saturated carbocycles. The molecular formula is C15H20N2O4. The Hall–Kier alpha value is -2.24. The molecule has 6 heteroatoms. The number of nitrogens with one attached hydrogen (secondary N) is 1. The van der Waals surface area contributed by atoms with Gasteiger partial charge in [0.25, 0.3) is 0 Å². The van der Waals surface area contributed by atoms with E-state index in [0.29, 0.717) is 30.8 Å². The monoisotopic (exact) mass is 292 g/mol. The number of carboxylic acid groups (broad SMARTS) is 1. The summed E-state index contributed by atoms with van der Waals surface area (Å²) in [4.78, 5) is 24.9. The van der Waals surface area contributed by atoms with Crippen molar-refractivity contribution in [3.05, 3.63) is 23.8 Å². The van der Waals surface area contributed by atoms with Crippen LogP contribution in [0.3, 0.4) is 0 Å². The minimum Gasteiger partial charge on any atom is -0.495 e. The van der Waals surface area contributed by atoms with Crippen molar-refractivity contribution >= 4 is 17.7 Å². The molecule has 0 aliphatic carbocycles. The zero-order valence-corrected chi connectivity index (χ0v) is 12.3. The number of aryl methyl sites for hydroxylation is 1. The van der Waals surface area contributed by atoms with E-state index in [1.165, 1.54) is 0 Å². The third-order valence-electron chi connectivity index (χ3n) is 3.65. The molecule has 1 heterocycles. The first-order chi connectivity index (χ1) is 10.0. The number of hydrogen-bond donors (Lipinski definition) is 2. The van der Waals surface area contributed by atoms with Crippen LogP contribution in [0.25, 0.3) is 0 Å². The number of nitrogens with zero attached hydrogens (tertiary/aromatic N) is 1. The molecule has 1 aliphatic rings. The summed E-state index contributed by atoms with van der Waals surface area (Å²) in [6, 6.07) is 5.23. The van der Waals surface area contributed by atoms with E-state index in [1.54, 1.807) is 18.1 Å². The fraction of sp³-hybridized carbons (Fsp3) is 0.467. The second kappa shape index (κ2) is 6.47. The number of anilines is 1. The molecule has 21 heavy (non-hydrogen) atoms. The normalized spacial score (nSPS) is 18.2. The lowest BCUT2D eigenvalue weighted by atomic mass is 9.99. The highest BCUT2D eigenvalue weighted by molar-refractivity contribution is 5.91. The highest BCUT2D eigenvalue weighted by Gasteiger charge is 2.28. The molecule has 0 aromatic heterocycles. The van der Waals surface area contributed by atoms with Crippen LogP contribution in [-0.4, -0.2) is 42.2 Å². The van der Waals surface area contributed by atoms with Crippen LogP contribution in [0.15, 0.2) is 18.2 Å². The van der Waals surface area contributed by atoms with Crippen molar-refractivity contribution in [3.63, 3.8) is 0 Å². The average molecular weight is 292 g/mol. The van der Waals surface area contributed by atoms with Crippen LogP contribution in [0, 0.1) is 12.8 Å². The highest BCUT2D eigenvalue weighted by atomic mass is 16.5. The Morgan fingerprint density at radius 2 is 2.19 bits per heavy atom. The number of likely N-dealkylation sites (tertiary alicyclic amines) is 1. The Morgan fingerprint density at radius 1 is 1.43 bits per heavy atom. The van der Waals surface area contributed by atoms with E-state index in [-0.39, 0.29) is 12.6 Å². The van der Waals surface area contributed by atoms with Gasteiger partial charge in [0, 0.05) is 13.1 Å². The number of piperidine rings is 1. The standard InChI is InChI=1S/C15H20N2O4/c1-10-5-6-13(21-2)12(8-10)16-15(20)17-7-3-4-11(9-17)14(18)19/h5-6,8,11H,3-4,7,9H2,1-2H3,(H,16,20)(H,18,19). The molecule has 1 aliphatic heterocycles. The van der Waals surface area contributed by atoms with E-state index in [9.17, 15) is 9.59 Å². The molecule has 2 amide bonds. The molecule has 1 atom stereocenters. The third kappa shape index (κ3) is 3.65. The van der Waals surface area contributed by atoms with Crippen molar-refractivity contribution in [2.75, 3.05) is 25.5 Å². The van der Waals surface area contributed by atoms with Gasteiger partial charge in [0.2, 0.25) is 0 Å². The summed E-state index contributed by atoms with van der Waals surface area (Å²) >= 11 is 0. The van der Waals surface area contributed by atoms with Gasteiger partial charge in [-0.15, -0.1) is 0 Å². The van der Waals surface area contributed by atoms with Crippen molar-refractivity contribution in [2.24, 2.45) is 5.92 Å². The van der Waals surface area contributed by atoms with Crippen LogP contribution in [0.2, 0.25) is 0 Å². The van der Waals surface area contributed by atoms with Gasteiger partial charge in [0.15, 0.2) is 0 Å². The number of aliphatic carboxylic acids is 1. The second-order valence-corrected chi connectivity index (χ2v) is 5.26.